The summed E-state index contributed by atoms with van der Waals surface area (Å²) in [4.78, 5) is 6.91. The summed E-state index contributed by atoms with van der Waals surface area (Å²) in [7, 11) is 0. The first-order chi connectivity index (χ1) is 8.69. The predicted molar refractivity (Wildman–Crippen MR) is 75.0 cm³/mol. The van der Waals surface area contributed by atoms with E-state index in [0.717, 1.165) is 43.4 Å². The second-order valence-corrected chi connectivity index (χ2v) is 6.00. The molecule has 0 aliphatic carbocycles. The van der Waals surface area contributed by atoms with Crippen molar-refractivity contribution in [1.82, 2.24) is 9.88 Å². The van der Waals surface area contributed by atoms with Gasteiger partial charge in [0.25, 0.3) is 0 Å². The molecule has 0 radical (unpaired) electrons. The first-order valence-electron chi connectivity index (χ1n) is 6.69. The fourth-order valence-corrected chi connectivity index (χ4v) is 3.01. The Morgan fingerprint density at radius 3 is 3.17 bits per heavy atom. The highest BCUT2D eigenvalue weighted by atomic mass is 32.1. The average Bonchev–Trinajstić information content (AvgIpc) is 2.75. The highest BCUT2D eigenvalue weighted by molar-refractivity contribution is 7.09. The molecule has 1 aliphatic rings. The van der Waals surface area contributed by atoms with Crippen LogP contribution in [0.15, 0.2) is 5.38 Å². The molecule has 2 heterocycles. The van der Waals surface area contributed by atoms with Crippen LogP contribution in [-0.4, -0.2) is 48.3 Å². The van der Waals surface area contributed by atoms with Crippen LogP contribution in [0.5, 0.6) is 0 Å². The lowest BCUT2D eigenvalue weighted by atomic mass is 10.1. The zero-order chi connectivity index (χ0) is 13.0. The van der Waals surface area contributed by atoms with Crippen LogP contribution in [0.25, 0.3) is 0 Å². The van der Waals surface area contributed by atoms with E-state index >= 15 is 0 Å². The van der Waals surface area contributed by atoms with Crippen LogP contribution in [0, 0.1) is 6.92 Å². The average molecular weight is 269 g/mol. The summed E-state index contributed by atoms with van der Waals surface area (Å²) in [6.07, 6.45) is 2.15. The van der Waals surface area contributed by atoms with E-state index in [-0.39, 0.29) is 12.1 Å². The number of hydrogen-bond acceptors (Lipinski definition) is 5. The Morgan fingerprint density at radius 2 is 2.50 bits per heavy atom. The number of ether oxygens (including phenoxy) is 1. The molecule has 2 N–H and O–H groups in total. The van der Waals surface area contributed by atoms with Gasteiger partial charge in [0.15, 0.2) is 0 Å². The maximum Gasteiger partial charge on any atom is 0.0897 e. The van der Waals surface area contributed by atoms with Gasteiger partial charge in [0.1, 0.15) is 0 Å². The molecular formula is C13H23N3OS. The number of nitrogens with zero attached hydrogens (tertiary/aromatic N) is 2. The SMILES string of the molecule is CCCN1CCOC(C(N)Cc2csc(C)n2)C1. The minimum Gasteiger partial charge on any atom is -0.374 e. The van der Waals surface area contributed by atoms with Crippen molar-refractivity contribution in [2.45, 2.75) is 38.8 Å². The van der Waals surface area contributed by atoms with Crippen LogP contribution in [0.3, 0.4) is 0 Å². The van der Waals surface area contributed by atoms with Crippen molar-refractivity contribution >= 4 is 11.3 Å². The summed E-state index contributed by atoms with van der Waals surface area (Å²) in [6, 6.07) is 0.0474. The molecule has 0 amide bonds. The number of thiazole rings is 1. The van der Waals surface area contributed by atoms with Gasteiger partial charge in [-0.15, -0.1) is 11.3 Å². The lowest BCUT2D eigenvalue weighted by Gasteiger charge is -2.35. The summed E-state index contributed by atoms with van der Waals surface area (Å²) < 4.78 is 5.80. The maximum absolute atomic E-state index is 6.26. The van der Waals surface area contributed by atoms with Crippen molar-refractivity contribution in [2.24, 2.45) is 5.73 Å². The number of hydrogen-bond donors (Lipinski definition) is 1. The summed E-state index contributed by atoms with van der Waals surface area (Å²) in [5.41, 5.74) is 7.36. The molecule has 1 aromatic heterocycles. The smallest absolute Gasteiger partial charge is 0.0897 e. The minimum absolute atomic E-state index is 0.0474. The van der Waals surface area contributed by atoms with E-state index in [1.807, 2.05) is 6.92 Å². The zero-order valence-corrected chi connectivity index (χ0v) is 12.1. The van der Waals surface area contributed by atoms with E-state index in [9.17, 15) is 0 Å². The number of aryl methyl sites for hydroxylation is 1. The molecule has 1 aliphatic heterocycles. The van der Waals surface area contributed by atoms with E-state index in [4.69, 9.17) is 10.5 Å². The fraction of sp³-hybridized carbons (Fsp3) is 0.769. The Balaban J connectivity index is 1.86. The van der Waals surface area contributed by atoms with Crippen molar-refractivity contribution in [3.63, 3.8) is 0 Å². The van der Waals surface area contributed by atoms with Gasteiger partial charge >= 0.3 is 0 Å². The largest absolute Gasteiger partial charge is 0.374 e. The minimum atomic E-state index is 0.0474. The van der Waals surface area contributed by atoms with Gasteiger partial charge in [-0.1, -0.05) is 6.92 Å². The lowest BCUT2D eigenvalue weighted by molar-refractivity contribution is -0.0401. The standard InChI is InChI=1S/C13H23N3OS/c1-3-4-16-5-6-17-13(8-16)12(14)7-11-9-18-10(2)15-11/h9,12-13H,3-8,14H2,1-2H3. The maximum atomic E-state index is 6.26. The van der Waals surface area contributed by atoms with Gasteiger partial charge in [-0.3, -0.25) is 4.90 Å². The monoisotopic (exact) mass is 269 g/mol. The second-order valence-electron chi connectivity index (χ2n) is 4.94. The van der Waals surface area contributed by atoms with Gasteiger partial charge in [0.2, 0.25) is 0 Å². The van der Waals surface area contributed by atoms with Crippen LogP contribution < -0.4 is 5.73 Å². The van der Waals surface area contributed by atoms with Crippen molar-refractivity contribution in [2.75, 3.05) is 26.2 Å². The van der Waals surface area contributed by atoms with Gasteiger partial charge in [0, 0.05) is 30.9 Å². The first-order valence-corrected chi connectivity index (χ1v) is 7.57. The molecule has 2 atom stereocenters. The molecule has 18 heavy (non-hydrogen) atoms. The van der Waals surface area contributed by atoms with Crippen molar-refractivity contribution in [3.8, 4) is 0 Å². The Labute approximate surface area is 113 Å². The molecule has 4 nitrogen and oxygen atoms in total. The molecule has 0 saturated carbocycles. The van der Waals surface area contributed by atoms with Crippen molar-refractivity contribution in [3.05, 3.63) is 16.1 Å². The summed E-state index contributed by atoms with van der Waals surface area (Å²) >= 11 is 1.68. The quantitative estimate of drug-likeness (QED) is 0.878. The van der Waals surface area contributed by atoms with Crippen LogP contribution in [-0.2, 0) is 11.2 Å². The number of aromatic nitrogens is 1. The van der Waals surface area contributed by atoms with Gasteiger partial charge in [-0.2, -0.15) is 0 Å². The second kappa shape index (κ2) is 6.61. The topological polar surface area (TPSA) is 51.4 Å². The molecule has 1 fully saturated rings. The molecule has 0 bridgehead atoms. The van der Waals surface area contributed by atoms with E-state index < -0.39 is 0 Å². The molecule has 0 aromatic carbocycles. The summed E-state index contributed by atoms with van der Waals surface area (Å²) in [5, 5.41) is 3.20. The Bertz CT molecular complexity index is 367. The molecule has 1 aromatic rings. The third-order valence-electron chi connectivity index (χ3n) is 3.31. The van der Waals surface area contributed by atoms with Gasteiger partial charge in [-0.25, -0.2) is 4.98 Å². The van der Waals surface area contributed by atoms with Gasteiger partial charge in [0.05, 0.1) is 23.4 Å². The normalized spacial score (nSPS) is 23.2. The summed E-state index contributed by atoms with van der Waals surface area (Å²) in [6.45, 7) is 8.17. The Hall–Kier alpha value is -0.490. The van der Waals surface area contributed by atoms with E-state index in [1.165, 1.54) is 6.42 Å². The zero-order valence-electron chi connectivity index (χ0n) is 11.3. The Morgan fingerprint density at radius 1 is 1.67 bits per heavy atom. The van der Waals surface area contributed by atoms with Gasteiger partial charge in [-0.05, 0) is 19.9 Å². The molecule has 0 spiro atoms. The fourth-order valence-electron chi connectivity index (χ4n) is 2.38. The third kappa shape index (κ3) is 3.75. The number of morpholine rings is 1. The Kier molecular flexibility index (Phi) is 5.12. The molecule has 2 unspecified atom stereocenters. The number of rotatable bonds is 5. The molecule has 1 saturated heterocycles. The predicted octanol–water partition coefficient (Wildman–Crippen LogP) is 1.43. The van der Waals surface area contributed by atoms with Crippen molar-refractivity contribution in [1.29, 1.82) is 0 Å². The van der Waals surface area contributed by atoms with Crippen LogP contribution in [0.2, 0.25) is 0 Å². The van der Waals surface area contributed by atoms with Gasteiger partial charge < -0.3 is 10.5 Å². The highest BCUT2D eigenvalue weighted by Gasteiger charge is 2.25. The summed E-state index contributed by atoms with van der Waals surface area (Å²) in [5.74, 6) is 0. The number of nitrogens with two attached hydrogens (primary N) is 1. The molecule has 2 rings (SSSR count). The molecular weight excluding hydrogens is 246 g/mol. The van der Waals surface area contributed by atoms with Crippen LogP contribution in [0.4, 0.5) is 0 Å². The molecule has 5 heteroatoms. The van der Waals surface area contributed by atoms with E-state index in [2.05, 4.69) is 22.2 Å². The third-order valence-corrected chi connectivity index (χ3v) is 4.13. The highest BCUT2D eigenvalue weighted by Crippen LogP contribution is 2.14. The van der Waals surface area contributed by atoms with Crippen LogP contribution >= 0.6 is 11.3 Å². The molecule has 102 valence electrons. The lowest BCUT2D eigenvalue weighted by Crippen LogP contribution is -2.51. The first kappa shape index (κ1) is 13.9. The van der Waals surface area contributed by atoms with E-state index in [0.29, 0.717) is 0 Å². The van der Waals surface area contributed by atoms with Crippen molar-refractivity contribution < 1.29 is 4.74 Å². The van der Waals surface area contributed by atoms with E-state index in [1.54, 1.807) is 11.3 Å². The van der Waals surface area contributed by atoms with Crippen LogP contribution in [0.1, 0.15) is 24.0 Å².